The maximum atomic E-state index is 14.5. The van der Waals surface area contributed by atoms with E-state index in [-0.39, 0.29) is 11.4 Å². The second-order valence-electron chi connectivity index (χ2n) is 12.8. The number of carbonyl (C=O) groups excluding carboxylic acids is 1. The molecular formula is C30H42B2F2N2O5S2. The van der Waals surface area contributed by atoms with Crippen molar-refractivity contribution < 1.29 is 32.2 Å². The van der Waals surface area contributed by atoms with Crippen LogP contribution in [0.5, 0.6) is 0 Å². The highest BCUT2D eigenvalue weighted by Gasteiger charge is 2.52. The van der Waals surface area contributed by atoms with Gasteiger partial charge in [-0.15, -0.1) is 0 Å². The number of nitrogens with one attached hydrogen (secondary N) is 2. The average Bonchev–Trinajstić information content (AvgIpc) is 3.28. The van der Waals surface area contributed by atoms with Gasteiger partial charge < -0.3 is 29.3 Å². The third-order valence-electron chi connectivity index (χ3n) is 8.59. The van der Waals surface area contributed by atoms with Crippen molar-refractivity contribution in [2.75, 3.05) is 24.6 Å². The monoisotopic (exact) mass is 634 g/mol. The van der Waals surface area contributed by atoms with E-state index in [9.17, 15) is 13.6 Å². The summed E-state index contributed by atoms with van der Waals surface area (Å²) in [6.45, 7) is 17.2. The van der Waals surface area contributed by atoms with Gasteiger partial charge in [-0.25, -0.2) is 8.78 Å². The Hall–Kier alpha value is -1.60. The van der Waals surface area contributed by atoms with E-state index in [2.05, 4.69) is 10.6 Å². The molecule has 4 rings (SSSR count). The van der Waals surface area contributed by atoms with E-state index < -0.39 is 48.4 Å². The van der Waals surface area contributed by atoms with E-state index in [0.717, 1.165) is 11.2 Å². The Morgan fingerprint density at radius 3 is 1.72 bits per heavy atom. The average molecular weight is 634 g/mol. The molecule has 0 unspecified atom stereocenters. The molecule has 2 aromatic rings. The Morgan fingerprint density at radius 2 is 1.19 bits per heavy atom. The lowest BCUT2D eigenvalue weighted by atomic mass is 9.78. The second kappa shape index (κ2) is 13.4. The molecule has 0 radical (unpaired) electrons. The Balaban J connectivity index is 1.15. The quantitative estimate of drug-likeness (QED) is 0.202. The first-order valence-corrected chi connectivity index (χ1v) is 17.0. The number of rotatable bonds is 12. The summed E-state index contributed by atoms with van der Waals surface area (Å²) in [6, 6.07) is 9.30. The SMILES string of the molecule is CC1(C)OB(c2ccc(F)c(CNCCSSCCNC(=O)c3cc(B4OC(C)(C)C(C)(C)O4)ccc3F)c2)OC1(C)C. The molecule has 2 heterocycles. The fourth-order valence-corrected chi connectivity index (χ4v) is 6.31. The highest BCUT2D eigenvalue weighted by atomic mass is 33.1. The molecule has 0 aromatic heterocycles. The number of hydrogen-bond acceptors (Lipinski definition) is 8. The van der Waals surface area contributed by atoms with Crippen LogP contribution in [-0.4, -0.2) is 67.1 Å². The van der Waals surface area contributed by atoms with Gasteiger partial charge in [0, 0.05) is 36.7 Å². The van der Waals surface area contributed by atoms with Crippen molar-refractivity contribution in [3.63, 3.8) is 0 Å². The fourth-order valence-electron chi connectivity index (χ4n) is 4.45. The van der Waals surface area contributed by atoms with E-state index in [1.165, 1.54) is 18.2 Å². The summed E-state index contributed by atoms with van der Waals surface area (Å²) in [5.74, 6) is 0.0990. The predicted octanol–water partition coefficient (Wildman–Crippen LogP) is 4.46. The van der Waals surface area contributed by atoms with Crippen molar-refractivity contribution in [1.82, 2.24) is 10.6 Å². The molecule has 13 heteroatoms. The molecule has 1 amide bonds. The zero-order valence-electron chi connectivity index (χ0n) is 26.3. The maximum Gasteiger partial charge on any atom is 0.494 e. The molecule has 2 N–H and O–H groups in total. The van der Waals surface area contributed by atoms with Gasteiger partial charge >= 0.3 is 14.2 Å². The van der Waals surface area contributed by atoms with Crippen LogP contribution in [0, 0.1) is 11.6 Å². The minimum atomic E-state index is -0.673. The van der Waals surface area contributed by atoms with Crippen LogP contribution in [0.2, 0.25) is 0 Å². The molecule has 0 bridgehead atoms. The largest absolute Gasteiger partial charge is 0.494 e. The van der Waals surface area contributed by atoms with E-state index in [1.807, 2.05) is 55.4 Å². The smallest absolute Gasteiger partial charge is 0.399 e. The van der Waals surface area contributed by atoms with Crippen LogP contribution >= 0.6 is 21.6 Å². The topological polar surface area (TPSA) is 78.1 Å². The zero-order chi connectivity index (χ0) is 31.6. The Morgan fingerprint density at radius 1 is 0.721 bits per heavy atom. The first kappa shape index (κ1) is 34.3. The van der Waals surface area contributed by atoms with E-state index in [4.69, 9.17) is 18.6 Å². The lowest BCUT2D eigenvalue weighted by molar-refractivity contribution is 0.00578. The van der Waals surface area contributed by atoms with Crippen molar-refractivity contribution in [2.45, 2.75) is 84.3 Å². The summed E-state index contributed by atoms with van der Waals surface area (Å²) in [6.07, 6.45) is 0. The van der Waals surface area contributed by atoms with Gasteiger partial charge in [-0.05, 0) is 84.5 Å². The van der Waals surface area contributed by atoms with Crippen molar-refractivity contribution in [3.05, 3.63) is 59.2 Å². The van der Waals surface area contributed by atoms with Crippen LogP contribution in [-0.2, 0) is 25.2 Å². The molecule has 0 atom stereocenters. The van der Waals surface area contributed by atoms with E-state index >= 15 is 0 Å². The molecule has 0 saturated carbocycles. The Bertz CT molecular complexity index is 1280. The number of carbonyl (C=O) groups is 1. The summed E-state index contributed by atoms with van der Waals surface area (Å²) in [5.41, 5.74) is -0.0702. The third kappa shape index (κ3) is 7.98. The molecule has 234 valence electrons. The predicted molar refractivity (Wildman–Crippen MR) is 173 cm³/mol. The lowest BCUT2D eigenvalue weighted by Gasteiger charge is -2.32. The van der Waals surface area contributed by atoms with Gasteiger partial charge in [-0.1, -0.05) is 39.8 Å². The molecule has 0 aliphatic carbocycles. The van der Waals surface area contributed by atoms with Crippen LogP contribution < -0.4 is 21.6 Å². The molecule has 2 aliphatic rings. The van der Waals surface area contributed by atoms with E-state index in [0.29, 0.717) is 36.4 Å². The number of halogens is 2. The summed E-state index contributed by atoms with van der Waals surface area (Å²) in [5, 5.41) is 6.07. The number of hydrogen-bond donors (Lipinski definition) is 2. The van der Waals surface area contributed by atoms with Gasteiger partial charge in [0.15, 0.2) is 0 Å². The Labute approximate surface area is 263 Å². The number of amides is 1. The highest BCUT2D eigenvalue weighted by molar-refractivity contribution is 8.76. The normalized spacial score (nSPS) is 20.0. The molecule has 2 aromatic carbocycles. The van der Waals surface area contributed by atoms with Crippen LogP contribution in [0.3, 0.4) is 0 Å². The molecule has 43 heavy (non-hydrogen) atoms. The number of benzene rings is 2. The van der Waals surface area contributed by atoms with Gasteiger partial charge in [0.1, 0.15) is 11.6 Å². The van der Waals surface area contributed by atoms with Gasteiger partial charge in [-0.3, -0.25) is 4.79 Å². The summed E-state index contributed by atoms with van der Waals surface area (Å²) in [7, 11) is 2.05. The summed E-state index contributed by atoms with van der Waals surface area (Å²) >= 11 is 0. The van der Waals surface area contributed by atoms with Crippen molar-refractivity contribution in [1.29, 1.82) is 0 Å². The molecule has 2 aliphatic heterocycles. The van der Waals surface area contributed by atoms with Crippen LogP contribution in [0.15, 0.2) is 36.4 Å². The fraction of sp³-hybridized carbons (Fsp3) is 0.567. The standard InChI is InChI=1S/C30H42B2F2N2O5S2/c1-27(2)28(3,4)39-31(38-27)21-9-11-24(33)20(17-21)19-35-13-15-42-43-16-14-36-26(37)23-18-22(10-12-25(23)34)32-40-29(5,6)30(7,8)41-32/h9-12,17-18,35H,13-16,19H2,1-8H3,(H,36,37). The highest BCUT2D eigenvalue weighted by Crippen LogP contribution is 2.37. The van der Waals surface area contributed by atoms with Gasteiger partial charge in [0.25, 0.3) is 5.91 Å². The first-order valence-electron chi connectivity index (χ1n) is 14.6. The van der Waals surface area contributed by atoms with Crippen LogP contribution in [0.1, 0.15) is 71.3 Å². The molecule has 2 fully saturated rings. The lowest BCUT2D eigenvalue weighted by Crippen LogP contribution is -2.41. The van der Waals surface area contributed by atoms with Gasteiger partial charge in [-0.2, -0.15) is 0 Å². The Kier molecular flexibility index (Phi) is 10.7. The van der Waals surface area contributed by atoms with Crippen LogP contribution in [0.4, 0.5) is 8.78 Å². The summed E-state index contributed by atoms with van der Waals surface area (Å²) < 4.78 is 53.2. The zero-order valence-corrected chi connectivity index (χ0v) is 27.9. The van der Waals surface area contributed by atoms with Crippen molar-refractivity contribution in [3.8, 4) is 0 Å². The van der Waals surface area contributed by atoms with Crippen molar-refractivity contribution >= 4 is 52.7 Å². The maximum absolute atomic E-state index is 14.5. The van der Waals surface area contributed by atoms with Crippen molar-refractivity contribution in [2.24, 2.45) is 0 Å². The van der Waals surface area contributed by atoms with Gasteiger partial charge in [0.2, 0.25) is 0 Å². The third-order valence-corrected chi connectivity index (χ3v) is 11.0. The summed E-state index contributed by atoms with van der Waals surface area (Å²) in [4.78, 5) is 12.7. The molecule has 0 spiro atoms. The van der Waals surface area contributed by atoms with E-state index in [1.54, 1.807) is 39.8 Å². The minimum absolute atomic E-state index is 0.0381. The second-order valence-corrected chi connectivity index (χ2v) is 15.5. The first-order chi connectivity index (χ1) is 20.0. The van der Waals surface area contributed by atoms with Gasteiger partial charge in [0.05, 0.1) is 28.0 Å². The molecule has 2 saturated heterocycles. The minimum Gasteiger partial charge on any atom is -0.399 e. The molecular weight excluding hydrogens is 592 g/mol. The van der Waals surface area contributed by atoms with Crippen LogP contribution in [0.25, 0.3) is 0 Å². The molecule has 7 nitrogen and oxygen atoms in total.